The van der Waals surface area contributed by atoms with Crippen LogP contribution in [0.2, 0.25) is 0 Å². The highest BCUT2D eigenvalue weighted by molar-refractivity contribution is 7.71. The van der Waals surface area contributed by atoms with Gasteiger partial charge in [0.1, 0.15) is 5.69 Å². The molecule has 0 unspecified atom stereocenters. The van der Waals surface area contributed by atoms with Crippen LogP contribution in [0.25, 0.3) is 11.5 Å². The predicted octanol–water partition coefficient (Wildman–Crippen LogP) is 1.38. The number of hydrogen-bond donors (Lipinski definition) is 2. The van der Waals surface area contributed by atoms with Gasteiger partial charge in [-0.2, -0.15) is 4.98 Å². The first-order chi connectivity index (χ1) is 9.70. The fourth-order valence-electron chi connectivity index (χ4n) is 2.25. The lowest BCUT2D eigenvalue weighted by molar-refractivity contribution is 0.155. The molecule has 0 saturated carbocycles. The molecule has 0 aliphatic carbocycles. The Hall–Kier alpha value is -1.09. The summed E-state index contributed by atoms with van der Waals surface area (Å²) in [5, 5.41) is 8.91. The molecule has 3 rings (SSSR count). The molecular weight excluding hydrogens is 292 g/mol. The van der Waals surface area contributed by atoms with E-state index in [-0.39, 0.29) is 0 Å². The average molecular weight is 310 g/mol. The van der Waals surface area contributed by atoms with Crippen LogP contribution in [0.15, 0.2) is 5.38 Å². The molecule has 1 fully saturated rings. The van der Waals surface area contributed by atoms with Crippen LogP contribution in [0.4, 0.5) is 0 Å². The fraction of sp³-hybridized carbons (Fsp3) is 0.583. The summed E-state index contributed by atoms with van der Waals surface area (Å²) in [5.74, 6) is 0.720. The number of thiazole rings is 1. The Morgan fingerprint density at radius 1 is 1.25 bits per heavy atom. The molecule has 2 aromatic rings. The number of piperazine rings is 1. The van der Waals surface area contributed by atoms with Crippen molar-refractivity contribution in [3.05, 3.63) is 15.2 Å². The molecule has 0 amide bonds. The lowest BCUT2D eigenvalue weighted by Gasteiger charge is -2.32. The number of nitrogens with one attached hydrogen (secondary N) is 2. The van der Waals surface area contributed by atoms with Crippen LogP contribution in [-0.2, 0) is 6.42 Å². The number of aromatic nitrogens is 4. The summed E-state index contributed by atoms with van der Waals surface area (Å²) in [5.41, 5.74) is 0.871. The summed E-state index contributed by atoms with van der Waals surface area (Å²) in [6, 6.07) is 0. The molecule has 0 bridgehead atoms. The number of rotatable bonds is 4. The van der Waals surface area contributed by atoms with E-state index in [0.717, 1.165) is 55.7 Å². The Bertz CT molecular complexity index is 607. The quantitative estimate of drug-likeness (QED) is 0.835. The molecule has 1 aliphatic rings. The number of likely N-dealkylation sites (N-methyl/N-ethyl adjacent to an activating group) is 1. The third-order valence-corrected chi connectivity index (χ3v) is 4.64. The van der Waals surface area contributed by atoms with Gasteiger partial charge in [-0.3, -0.25) is 10.2 Å². The third-order valence-electron chi connectivity index (χ3n) is 3.53. The molecule has 6 nitrogen and oxygen atoms in total. The lowest BCUT2D eigenvalue weighted by Crippen LogP contribution is -2.45. The van der Waals surface area contributed by atoms with E-state index >= 15 is 0 Å². The molecule has 3 heterocycles. The minimum atomic E-state index is 0.465. The van der Waals surface area contributed by atoms with E-state index in [1.165, 1.54) is 0 Å². The van der Waals surface area contributed by atoms with Gasteiger partial charge in [-0.15, -0.1) is 11.3 Å². The molecule has 20 heavy (non-hydrogen) atoms. The first kappa shape index (κ1) is 13.9. The highest BCUT2D eigenvalue weighted by Crippen LogP contribution is 2.18. The molecule has 1 aliphatic heterocycles. The summed E-state index contributed by atoms with van der Waals surface area (Å²) >= 11 is 6.64. The van der Waals surface area contributed by atoms with E-state index in [0.29, 0.717) is 4.77 Å². The Morgan fingerprint density at radius 2 is 2.05 bits per heavy atom. The van der Waals surface area contributed by atoms with Gasteiger partial charge in [-0.25, -0.2) is 4.98 Å². The van der Waals surface area contributed by atoms with Crippen molar-refractivity contribution < 1.29 is 0 Å². The second-order valence-electron chi connectivity index (χ2n) is 5.04. The first-order valence-corrected chi connectivity index (χ1v) is 8.00. The van der Waals surface area contributed by atoms with Crippen LogP contribution in [0.5, 0.6) is 0 Å². The van der Waals surface area contributed by atoms with E-state index < -0.39 is 0 Å². The molecule has 0 spiro atoms. The average Bonchev–Trinajstić information content (AvgIpc) is 3.07. The van der Waals surface area contributed by atoms with Crippen molar-refractivity contribution in [2.24, 2.45) is 0 Å². The van der Waals surface area contributed by atoms with Crippen molar-refractivity contribution >= 4 is 23.6 Å². The van der Waals surface area contributed by atoms with E-state index in [9.17, 15) is 0 Å². The monoisotopic (exact) mass is 310 g/mol. The van der Waals surface area contributed by atoms with Crippen LogP contribution in [0, 0.1) is 4.77 Å². The number of nitrogens with zero attached hydrogens (tertiary/aromatic N) is 4. The van der Waals surface area contributed by atoms with Crippen molar-refractivity contribution in [2.75, 3.05) is 39.8 Å². The minimum Gasteiger partial charge on any atom is -0.304 e. The van der Waals surface area contributed by atoms with Crippen molar-refractivity contribution in [3.63, 3.8) is 0 Å². The summed E-state index contributed by atoms with van der Waals surface area (Å²) in [6.07, 6.45) is 1.000. The third kappa shape index (κ3) is 3.32. The van der Waals surface area contributed by atoms with Gasteiger partial charge in [-0.1, -0.05) is 0 Å². The molecule has 0 atom stereocenters. The molecule has 8 heteroatoms. The summed E-state index contributed by atoms with van der Waals surface area (Å²) in [4.78, 5) is 13.7. The first-order valence-electron chi connectivity index (χ1n) is 6.71. The van der Waals surface area contributed by atoms with Gasteiger partial charge in [0, 0.05) is 44.5 Å². The van der Waals surface area contributed by atoms with Gasteiger partial charge >= 0.3 is 0 Å². The normalized spacial score (nSPS) is 17.6. The predicted molar refractivity (Wildman–Crippen MR) is 82.5 cm³/mol. The Balaban J connectivity index is 1.56. The molecule has 2 N–H and O–H groups in total. The van der Waals surface area contributed by atoms with Crippen molar-refractivity contribution in [1.29, 1.82) is 0 Å². The Labute approximate surface area is 126 Å². The minimum absolute atomic E-state index is 0.465. The zero-order valence-electron chi connectivity index (χ0n) is 11.4. The maximum atomic E-state index is 4.95. The molecule has 108 valence electrons. The topological polar surface area (TPSA) is 63.8 Å². The van der Waals surface area contributed by atoms with Crippen molar-refractivity contribution in [3.8, 4) is 11.5 Å². The summed E-state index contributed by atoms with van der Waals surface area (Å²) in [6.45, 7) is 5.71. The molecule has 1 saturated heterocycles. The summed E-state index contributed by atoms with van der Waals surface area (Å²) < 4.78 is 0.465. The molecule has 2 aromatic heterocycles. The van der Waals surface area contributed by atoms with Crippen molar-refractivity contribution in [1.82, 2.24) is 30.0 Å². The standard InChI is InChI=1S/C12H18N6S2/c1-17-4-6-18(7-5-17)3-2-10-13-9(8-20-10)11-14-12(19)16-15-11/h8H,2-7H2,1H3,(H2,14,15,16,19). The van der Waals surface area contributed by atoms with Crippen LogP contribution in [0.3, 0.4) is 0 Å². The largest absolute Gasteiger partial charge is 0.304 e. The molecule has 0 radical (unpaired) electrons. The highest BCUT2D eigenvalue weighted by Gasteiger charge is 2.14. The Kier molecular flexibility index (Phi) is 4.25. The van der Waals surface area contributed by atoms with Crippen molar-refractivity contribution in [2.45, 2.75) is 6.42 Å². The SMILES string of the molecule is CN1CCN(CCc2nc(-c3nc(=S)[nH][nH]3)cs2)CC1. The van der Waals surface area contributed by atoms with Gasteiger partial charge < -0.3 is 9.80 Å². The van der Waals surface area contributed by atoms with Crippen LogP contribution in [0.1, 0.15) is 5.01 Å². The zero-order valence-corrected chi connectivity index (χ0v) is 13.1. The number of H-pyrrole nitrogens is 2. The van der Waals surface area contributed by atoms with Gasteiger partial charge in [0.2, 0.25) is 4.77 Å². The maximum Gasteiger partial charge on any atom is 0.213 e. The number of aromatic amines is 2. The molecular formula is C12H18N6S2. The van der Waals surface area contributed by atoms with Crippen LogP contribution < -0.4 is 0 Å². The van der Waals surface area contributed by atoms with Gasteiger partial charge in [-0.05, 0) is 19.3 Å². The second kappa shape index (κ2) is 6.13. The van der Waals surface area contributed by atoms with E-state index in [1.54, 1.807) is 11.3 Å². The van der Waals surface area contributed by atoms with E-state index in [2.05, 4.69) is 37.0 Å². The highest BCUT2D eigenvalue weighted by atomic mass is 32.1. The lowest BCUT2D eigenvalue weighted by atomic mass is 10.3. The van der Waals surface area contributed by atoms with E-state index in [1.807, 2.05) is 5.38 Å². The van der Waals surface area contributed by atoms with E-state index in [4.69, 9.17) is 12.2 Å². The Morgan fingerprint density at radius 3 is 2.75 bits per heavy atom. The maximum absolute atomic E-state index is 4.95. The summed E-state index contributed by atoms with van der Waals surface area (Å²) in [7, 11) is 2.18. The smallest absolute Gasteiger partial charge is 0.213 e. The second-order valence-corrected chi connectivity index (χ2v) is 6.37. The van der Waals surface area contributed by atoms with Gasteiger partial charge in [0.25, 0.3) is 0 Å². The van der Waals surface area contributed by atoms with Crippen LogP contribution in [-0.4, -0.2) is 69.7 Å². The zero-order chi connectivity index (χ0) is 13.9. The van der Waals surface area contributed by atoms with Crippen LogP contribution >= 0.6 is 23.6 Å². The fourth-order valence-corrected chi connectivity index (χ4v) is 3.17. The number of hydrogen-bond acceptors (Lipinski definition) is 6. The van der Waals surface area contributed by atoms with Gasteiger partial charge in [0.15, 0.2) is 5.82 Å². The molecule has 0 aromatic carbocycles. The van der Waals surface area contributed by atoms with Gasteiger partial charge in [0.05, 0.1) is 5.01 Å².